The predicted octanol–water partition coefficient (Wildman–Crippen LogP) is 2.60. The Morgan fingerprint density at radius 3 is 2.68 bits per heavy atom. The second kappa shape index (κ2) is 10.4. The molecule has 0 aromatic carbocycles. The van der Waals surface area contributed by atoms with Crippen LogP contribution in [0.15, 0.2) is 27.8 Å². The highest BCUT2D eigenvalue weighted by molar-refractivity contribution is 5.80. The molecule has 0 bridgehead atoms. The molecule has 2 saturated heterocycles. The summed E-state index contributed by atoms with van der Waals surface area (Å²) in [4.78, 5) is 21.3. The summed E-state index contributed by atoms with van der Waals surface area (Å²) in [6, 6.07) is 6.06. The van der Waals surface area contributed by atoms with Gasteiger partial charge in [0, 0.05) is 56.8 Å². The Kier molecular flexibility index (Phi) is 7.37. The van der Waals surface area contributed by atoms with Crippen LogP contribution < -0.4 is 10.6 Å². The summed E-state index contributed by atoms with van der Waals surface area (Å²) in [6.45, 7) is 7.80. The molecule has 1 amide bonds. The number of amides is 1. The molecule has 3 fully saturated rings. The number of piperidine rings is 1. The van der Waals surface area contributed by atoms with Crippen molar-refractivity contribution < 1.29 is 13.9 Å². The van der Waals surface area contributed by atoms with Crippen molar-refractivity contribution in [3.8, 4) is 0 Å². The summed E-state index contributed by atoms with van der Waals surface area (Å²) in [6.07, 6.45) is 7.93. The molecule has 4 rings (SSSR count). The second-order valence-corrected chi connectivity index (χ2v) is 9.02. The molecule has 3 aliphatic rings. The van der Waals surface area contributed by atoms with Crippen LogP contribution in [0.3, 0.4) is 0 Å². The normalized spacial score (nSPS) is 25.6. The van der Waals surface area contributed by atoms with Gasteiger partial charge in [-0.1, -0.05) is 0 Å². The van der Waals surface area contributed by atoms with Crippen LogP contribution >= 0.6 is 0 Å². The topological polar surface area (TPSA) is 82.3 Å². The highest BCUT2D eigenvalue weighted by Gasteiger charge is 2.39. The van der Waals surface area contributed by atoms with Crippen LogP contribution in [0, 0.1) is 0 Å². The van der Waals surface area contributed by atoms with Crippen molar-refractivity contribution in [3.05, 3.63) is 24.2 Å². The smallest absolute Gasteiger partial charge is 0.409 e. The Labute approximate surface area is 185 Å². The third-order valence-electron chi connectivity index (χ3n) is 6.55. The number of furan rings is 1. The number of carbonyl (C=O) groups excluding carboxylic acids is 1. The molecule has 8 heteroatoms. The van der Waals surface area contributed by atoms with Crippen LogP contribution in [0.25, 0.3) is 0 Å². The Bertz CT molecular complexity index is 726. The highest BCUT2D eigenvalue weighted by atomic mass is 16.6. The van der Waals surface area contributed by atoms with E-state index in [-0.39, 0.29) is 6.09 Å². The van der Waals surface area contributed by atoms with Gasteiger partial charge in [-0.25, -0.2) is 4.79 Å². The van der Waals surface area contributed by atoms with Crippen LogP contribution in [-0.4, -0.2) is 78.8 Å². The van der Waals surface area contributed by atoms with Gasteiger partial charge in [-0.15, -0.1) is 0 Å². The number of hydrogen-bond donors (Lipinski definition) is 2. The molecule has 172 valence electrons. The zero-order valence-corrected chi connectivity index (χ0v) is 18.9. The van der Waals surface area contributed by atoms with Gasteiger partial charge in [0.25, 0.3) is 0 Å². The molecule has 0 spiro atoms. The van der Waals surface area contributed by atoms with E-state index in [4.69, 9.17) is 14.1 Å². The van der Waals surface area contributed by atoms with Gasteiger partial charge >= 0.3 is 6.09 Å². The molecule has 1 saturated carbocycles. The number of hydrogen-bond acceptors (Lipinski definition) is 5. The molecule has 31 heavy (non-hydrogen) atoms. The van der Waals surface area contributed by atoms with Gasteiger partial charge in [-0.2, -0.15) is 0 Å². The summed E-state index contributed by atoms with van der Waals surface area (Å²) >= 11 is 0. The van der Waals surface area contributed by atoms with Crippen molar-refractivity contribution in [2.45, 2.75) is 76.5 Å². The fraction of sp³-hybridized carbons (Fsp3) is 0.739. The van der Waals surface area contributed by atoms with E-state index in [9.17, 15) is 4.79 Å². The van der Waals surface area contributed by atoms with Gasteiger partial charge in [0.1, 0.15) is 5.76 Å². The molecule has 1 aliphatic carbocycles. The Morgan fingerprint density at radius 2 is 2.00 bits per heavy atom. The van der Waals surface area contributed by atoms with E-state index in [2.05, 4.69) is 22.5 Å². The van der Waals surface area contributed by atoms with E-state index < -0.39 is 0 Å². The molecule has 8 nitrogen and oxygen atoms in total. The van der Waals surface area contributed by atoms with Gasteiger partial charge in [0.2, 0.25) is 0 Å². The van der Waals surface area contributed by atoms with Crippen molar-refractivity contribution in [2.24, 2.45) is 4.99 Å². The third kappa shape index (κ3) is 6.15. The lowest BCUT2D eigenvalue weighted by atomic mass is 10.1. The average molecular weight is 432 g/mol. The van der Waals surface area contributed by atoms with Crippen LogP contribution in [0.4, 0.5) is 4.79 Å². The average Bonchev–Trinajstić information content (AvgIpc) is 3.34. The zero-order chi connectivity index (χ0) is 21.6. The molecule has 1 aromatic rings. The number of guanidine groups is 1. The summed E-state index contributed by atoms with van der Waals surface area (Å²) < 4.78 is 10.6. The zero-order valence-electron chi connectivity index (χ0n) is 18.9. The van der Waals surface area contributed by atoms with Crippen molar-refractivity contribution in [3.63, 3.8) is 0 Å². The minimum absolute atomic E-state index is 0.202. The van der Waals surface area contributed by atoms with Crippen LogP contribution in [-0.2, 0) is 11.2 Å². The molecule has 1 aromatic heterocycles. The summed E-state index contributed by atoms with van der Waals surface area (Å²) in [5.41, 5.74) is 0. The van der Waals surface area contributed by atoms with E-state index in [1.54, 1.807) is 11.2 Å². The quantitative estimate of drug-likeness (QED) is 0.510. The highest BCUT2D eigenvalue weighted by Crippen LogP contribution is 2.33. The summed E-state index contributed by atoms with van der Waals surface area (Å²) in [7, 11) is 0. The van der Waals surface area contributed by atoms with E-state index in [0.29, 0.717) is 44.4 Å². The molecule has 2 atom stereocenters. The lowest BCUT2D eigenvalue weighted by Crippen LogP contribution is -2.52. The van der Waals surface area contributed by atoms with E-state index in [1.165, 1.54) is 12.8 Å². The van der Waals surface area contributed by atoms with Gasteiger partial charge in [-0.05, 0) is 58.1 Å². The predicted molar refractivity (Wildman–Crippen MR) is 120 cm³/mol. The third-order valence-corrected chi connectivity index (χ3v) is 6.55. The minimum atomic E-state index is -0.202. The van der Waals surface area contributed by atoms with E-state index >= 15 is 0 Å². The maximum atomic E-state index is 12.0. The first-order valence-corrected chi connectivity index (χ1v) is 11.9. The summed E-state index contributed by atoms with van der Waals surface area (Å²) in [5.74, 6) is 1.84. The maximum Gasteiger partial charge on any atom is 0.409 e. The van der Waals surface area contributed by atoms with Gasteiger partial charge in [0.15, 0.2) is 5.96 Å². The van der Waals surface area contributed by atoms with Crippen LogP contribution in [0.1, 0.15) is 51.7 Å². The largest absolute Gasteiger partial charge is 0.469 e. The molecule has 3 heterocycles. The monoisotopic (exact) mass is 431 g/mol. The number of rotatable bonds is 7. The number of nitrogens with zero attached hydrogens (tertiary/aromatic N) is 3. The van der Waals surface area contributed by atoms with Crippen molar-refractivity contribution >= 4 is 12.1 Å². The number of nitrogens with one attached hydrogen (secondary N) is 2. The van der Waals surface area contributed by atoms with Crippen molar-refractivity contribution in [1.29, 1.82) is 0 Å². The molecule has 2 unspecified atom stereocenters. The second-order valence-electron chi connectivity index (χ2n) is 9.02. The Balaban J connectivity index is 1.32. The van der Waals surface area contributed by atoms with Crippen molar-refractivity contribution in [1.82, 2.24) is 20.4 Å². The first kappa shape index (κ1) is 22.0. The lowest BCUT2D eigenvalue weighted by molar-refractivity contribution is 0.0963. The van der Waals surface area contributed by atoms with E-state index in [1.807, 2.05) is 19.1 Å². The molecular formula is C23H37N5O3. The fourth-order valence-corrected chi connectivity index (χ4v) is 4.75. The van der Waals surface area contributed by atoms with Gasteiger partial charge in [-0.3, -0.25) is 9.89 Å². The SMILES string of the molecule is CCOC(=O)N1CCC(NC(=NCCc2ccco2)NC2CC(C)N(C3CC3)C2)CC1. The van der Waals surface area contributed by atoms with Gasteiger partial charge in [0.05, 0.1) is 12.9 Å². The first-order chi connectivity index (χ1) is 15.1. The van der Waals surface area contributed by atoms with Crippen LogP contribution in [0.2, 0.25) is 0 Å². The first-order valence-electron chi connectivity index (χ1n) is 11.9. The lowest BCUT2D eigenvalue weighted by Gasteiger charge is -2.32. The summed E-state index contributed by atoms with van der Waals surface area (Å²) in [5, 5.41) is 7.34. The standard InChI is InChI=1S/C23H37N5O3/c1-3-30-23(29)27-12-9-18(10-13-27)25-22(24-11-8-21-5-4-14-31-21)26-19-15-17(2)28(16-19)20-6-7-20/h4-5,14,17-20H,3,6-13,15-16H2,1-2H3,(H2,24,25,26). The molecule has 0 radical (unpaired) electrons. The molecule has 2 N–H and O–H groups in total. The number of aliphatic imine (C=N–C) groups is 1. The fourth-order valence-electron chi connectivity index (χ4n) is 4.75. The van der Waals surface area contributed by atoms with E-state index in [0.717, 1.165) is 50.0 Å². The number of likely N-dealkylation sites (tertiary alicyclic amines) is 2. The molecule has 2 aliphatic heterocycles. The molecular weight excluding hydrogens is 394 g/mol. The number of ether oxygens (including phenoxy) is 1. The van der Waals surface area contributed by atoms with Crippen molar-refractivity contribution in [2.75, 3.05) is 32.8 Å². The Morgan fingerprint density at radius 1 is 1.23 bits per heavy atom. The number of carbonyl (C=O) groups is 1. The maximum absolute atomic E-state index is 12.0. The van der Waals surface area contributed by atoms with Crippen LogP contribution in [0.5, 0.6) is 0 Å². The Hall–Kier alpha value is -2.22. The van der Waals surface area contributed by atoms with Gasteiger partial charge < -0.3 is 24.7 Å². The minimum Gasteiger partial charge on any atom is -0.469 e.